The molecule has 0 N–H and O–H groups in total. The Morgan fingerprint density at radius 3 is 2.50 bits per heavy atom. The Kier molecular flexibility index (Phi) is 6.55. The van der Waals surface area contributed by atoms with Gasteiger partial charge in [0.1, 0.15) is 11.3 Å². The smallest absolute Gasteiger partial charge is 0.254 e. The molecule has 0 bridgehead atoms. The van der Waals surface area contributed by atoms with E-state index in [0.29, 0.717) is 29.2 Å². The van der Waals surface area contributed by atoms with Gasteiger partial charge in [0.2, 0.25) is 5.91 Å². The number of imidazole rings is 1. The van der Waals surface area contributed by atoms with Crippen LogP contribution in [-0.2, 0) is 11.8 Å². The number of carbonyl (C=O) groups is 2. The Bertz CT molecular complexity index is 1710. The first kappa shape index (κ1) is 27.0. The molecule has 3 aliphatic rings. The number of ether oxygens (including phenoxy) is 1. The van der Waals surface area contributed by atoms with Crippen molar-refractivity contribution in [3.05, 3.63) is 47.5 Å². The van der Waals surface area contributed by atoms with E-state index in [1.165, 1.54) is 22.9 Å². The Hall–Kier alpha value is -3.81. The highest BCUT2D eigenvalue weighted by atomic mass is 16.5. The first-order chi connectivity index (χ1) is 20.3. The average Bonchev–Trinajstić information content (AvgIpc) is 3.64. The summed E-state index contributed by atoms with van der Waals surface area (Å²) in [7, 11) is 3.71. The molecule has 4 aromatic rings. The lowest BCUT2D eigenvalue weighted by atomic mass is 9.90. The van der Waals surface area contributed by atoms with Crippen molar-refractivity contribution in [3.63, 3.8) is 0 Å². The number of hydrogen-bond donors (Lipinski definition) is 0. The van der Waals surface area contributed by atoms with Crippen LogP contribution in [-0.4, -0.2) is 68.5 Å². The van der Waals surface area contributed by atoms with Crippen molar-refractivity contribution in [2.24, 2.45) is 13.0 Å². The molecule has 2 aliphatic heterocycles. The van der Waals surface area contributed by atoms with E-state index in [1.54, 1.807) is 14.0 Å². The molecule has 3 fully saturated rings. The summed E-state index contributed by atoms with van der Waals surface area (Å²) < 4.78 is 10.5. The van der Waals surface area contributed by atoms with E-state index in [4.69, 9.17) is 9.72 Å². The predicted octanol–water partition coefficient (Wildman–Crippen LogP) is 6.13. The summed E-state index contributed by atoms with van der Waals surface area (Å²) in [5, 5.41) is 1.20. The minimum atomic E-state index is 0.0601. The topological polar surface area (TPSA) is 72.6 Å². The summed E-state index contributed by atoms with van der Waals surface area (Å²) in [4.78, 5) is 34.9. The summed E-state index contributed by atoms with van der Waals surface area (Å²) >= 11 is 0. The molecule has 2 aromatic heterocycles. The molecule has 0 radical (unpaired) electrons. The Balaban J connectivity index is 1.32. The van der Waals surface area contributed by atoms with Gasteiger partial charge < -0.3 is 23.7 Å². The molecule has 7 rings (SSSR count). The lowest BCUT2D eigenvalue weighted by Crippen LogP contribution is -2.47. The third-order valence-corrected chi connectivity index (χ3v) is 10.0. The minimum absolute atomic E-state index is 0.0601. The summed E-state index contributed by atoms with van der Waals surface area (Å²) in [5.41, 5.74) is 5.97. The van der Waals surface area contributed by atoms with Gasteiger partial charge in [0.05, 0.1) is 23.8 Å². The van der Waals surface area contributed by atoms with Crippen LogP contribution in [0, 0.1) is 5.92 Å². The highest BCUT2D eigenvalue weighted by molar-refractivity contribution is 6.00. The fraction of sp³-hybridized carbons (Fsp3) is 0.500. The molecular weight excluding hydrogens is 526 g/mol. The first-order valence-electron chi connectivity index (χ1n) is 15.5. The number of rotatable bonds is 6. The van der Waals surface area contributed by atoms with Gasteiger partial charge in [0, 0.05) is 62.6 Å². The Morgan fingerprint density at radius 1 is 1.02 bits per heavy atom. The van der Waals surface area contributed by atoms with Gasteiger partial charge >= 0.3 is 0 Å². The van der Waals surface area contributed by atoms with E-state index in [-0.39, 0.29) is 17.9 Å². The van der Waals surface area contributed by atoms with Gasteiger partial charge in [-0.1, -0.05) is 31.5 Å². The van der Waals surface area contributed by atoms with Gasteiger partial charge in [-0.2, -0.15) is 0 Å². The lowest BCUT2D eigenvalue weighted by Gasteiger charge is -2.39. The zero-order valence-corrected chi connectivity index (χ0v) is 25.4. The number of para-hydroxylation sites is 1. The molecular formula is C34H41N5O3. The SMILES string of the molecule is CC[C@@H]1CC[C@H](C)N(C(=O)c2cc(OC)c3c(c2)nc(-c2cc4cccc(C5CN(C(C)=O)C5)c4n2C2CC2)n3C)C1. The van der Waals surface area contributed by atoms with E-state index >= 15 is 0 Å². The van der Waals surface area contributed by atoms with Crippen LogP contribution in [0.3, 0.4) is 0 Å². The van der Waals surface area contributed by atoms with Crippen LogP contribution in [0.15, 0.2) is 36.4 Å². The quantitative estimate of drug-likeness (QED) is 0.281. The van der Waals surface area contributed by atoms with Gasteiger partial charge in [-0.05, 0) is 62.3 Å². The van der Waals surface area contributed by atoms with Gasteiger partial charge in [-0.25, -0.2) is 4.98 Å². The fourth-order valence-corrected chi connectivity index (χ4v) is 7.24. The number of aryl methyl sites for hydroxylation is 1. The molecule has 42 heavy (non-hydrogen) atoms. The molecule has 2 saturated heterocycles. The second kappa shape index (κ2) is 10.2. The number of carbonyl (C=O) groups excluding carboxylic acids is 2. The highest BCUT2D eigenvalue weighted by Gasteiger charge is 2.36. The molecule has 1 saturated carbocycles. The Labute approximate surface area is 247 Å². The van der Waals surface area contributed by atoms with E-state index in [2.05, 4.69) is 47.2 Å². The maximum absolute atomic E-state index is 13.8. The zero-order chi connectivity index (χ0) is 29.3. The largest absolute Gasteiger partial charge is 0.494 e. The zero-order valence-electron chi connectivity index (χ0n) is 25.4. The number of likely N-dealkylation sites (tertiary alicyclic amines) is 2. The number of nitrogens with zero attached hydrogens (tertiary/aromatic N) is 5. The summed E-state index contributed by atoms with van der Waals surface area (Å²) in [6.07, 6.45) is 5.61. The Morgan fingerprint density at radius 2 is 1.81 bits per heavy atom. The molecule has 2 amide bonds. The molecule has 4 heterocycles. The number of methoxy groups -OCH3 is 1. The molecule has 0 unspecified atom stereocenters. The van der Waals surface area contributed by atoms with Gasteiger partial charge in [0.15, 0.2) is 5.82 Å². The summed E-state index contributed by atoms with van der Waals surface area (Å²) in [5.74, 6) is 2.64. The second-order valence-corrected chi connectivity index (χ2v) is 12.7. The van der Waals surface area contributed by atoms with Crippen molar-refractivity contribution < 1.29 is 14.3 Å². The fourth-order valence-electron chi connectivity index (χ4n) is 7.24. The number of amides is 2. The highest BCUT2D eigenvalue weighted by Crippen LogP contribution is 2.46. The van der Waals surface area contributed by atoms with Crippen LogP contribution in [0.25, 0.3) is 33.5 Å². The molecule has 2 atom stereocenters. The van der Waals surface area contributed by atoms with Crippen molar-refractivity contribution in [3.8, 4) is 17.3 Å². The molecule has 1 aliphatic carbocycles. The monoisotopic (exact) mass is 567 g/mol. The van der Waals surface area contributed by atoms with E-state index in [9.17, 15) is 9.59 Å². The van der Waals surface area contributed by atoms with Crippen molar-refractivity contribution in [1.29, 1.82) is 0 Å². The van der Waals surface area contributed by atoms with Gasteiger partial charge in [-0.3, -0.25) is 9.59 Å². The summed E-state index contributed by atoms with van der Waals surface area (Å²) in [6.45, 7) is 8.37. The maximum atomic E-state index is 13.8. The van der Waals surface area contributed by atoms with Crippen molar-refractivity contribution in [2.45, 2.75) is 70.9 Å². The normalized spacial score (nSPS) is 21.3. The third-order valence-electron chi connectivity index (χ3n) is 10.0. The number of fused-ring (bicyclic) bond motifs is 2. The van der Waals surface area contributed by atoms with E-state index < -0.39 is 0 Å². The maximum Gasteiger partial charge on any atom is 0.254 e. The van der Waals surface area contributed by atoms with Crippen molar-refractivity contribution in [1.82, 2.24) is 23.9 Å². The van der Waals surface area contributed by atoms with Crippen molar-refractivity contribution >= 4 is 33.8 Å². The average molecular weight is 568 g/mol. The number of aromatic nitrogens is 3. The van der Waals surface area contributed by atoms with Crippen LogP contribution in [0.4, 0.5) is 0 Å². The molecule has 0 spiro atoms. The minimum Gasteiger partial charge on any atom is -0.494 e. The predicted molar refractivity (Wildman–Crippen MR) is 165 cm³/mol. The molecule has 2 aromatic carbocycles. The van der Waals surface area contributed by atoms with Gasteiger partial charge in [0.25, 0.3) is 5.91 Å². The molecule has 8 heteroatoms. The van der Waals surface area contributed by atoms with E-state index in [0.717, 1.165) is 67.9 Å². The van der Waals surface area contributed by atoms with Crippen LogP contribution in [0.5, 0.6) is 5.75 Å². The van der Waals surface area contributed by atoms with Crippen LogP contribution in [0.1, 0.15) is 80.8 Å². The van der Waals surface area contributed by atoms with Crippen LogP contribution >= 0.6 is 0 Å². The van der Waals surface area contributed by atoms with E-state index in [1.807, 2.05) is 29.0 Å². The number of hydrogen-bond acceptors (Lipinski definition) is 4. The molecule has 220 valence electrons. The standard InChI is InChI=1S/C34H41N5O3/c1-6-22-11-10-20(2)38(17-22)34(41)24-14-28-32(30(16-24)42-5)36(4)33(35-28)29-15-23-8-7-9-27(25-18-37(19-25)21(3)40)31(23)39(29)26-12-13-26/h7-9,14-16,20,22,25-26H,6,10-13,17-19H2,1-5H3/t20-,22+/m0/s1. The van der Waals surface area contributed by atoms with Gasteiger partial charge in [-0.15, -0.1) is 0 Å². The first-order valence-corrected chi connectivity index (χ1v) is 15.5. The van der Waals surface area contributed by atoms with Crippen molar-refractivity contribution in [2.75, 3.05) is 26.7 Å². The van der Waals surface area contributed by atoms with Crippen LogP contribution < -0.4 is 4.74 Å². The second-order valence-electron chi connectivity index (χ2n) is 12.7. The number of benzene rings is 2. The third kappa shape index (κ3) is 4.29. The lowest BCUT2D eigenvalue weighted by molar-refractivity contribution is -0.133. The molecule has 8 nitrogen and oxygen atoms in total. The van der Waals surface area contributed by atoms with Crippen LogP contribution in [0.2, 0.25) is 0 Å². The summed E-state index contributed by atoms with van der Waals surface area (Å²) in [6, 6.07) is 13.3. The number of piperidine rings is 1.